The molecule has 5 nitrogen and oxygen atoms in total. The van der Waals surface area contributed by atoms with Crippen LogP contribution in [0, 0.1) is 0 Å². The van der Waals surface area contributed by atoms with Crippen molar-refractivity contribution in [1.82, 2.24) is 0 Å². The number of thiophene rings is 1. The molecule has 0 saturated heterocycles. The van der Waals surface area contributed by atoms with Gasteiger partial charge in [0.05, 0.1) is 16.3 Å². The molecule has 0 aliphatic heterocycles. The van der Waals surface area contributed by atoms with E-state index in [1.807, 2.05) is 36.5 Å². The number of halogens is 1. The summed E-state index contributed by atoms with van der Waals surface area (Å²) in [7, 11) is 3.78. The third-order valence-corrected chi connectivity index (χ3v) is 4.92. The molecule has 1 aromatic heterocycles. The average molecular weight is 400 g/mol. The number of hydrogen-bond acceptors (Lipinski definition) is 4. The maximum absolute atomic E-state index is 12.7. The van der Waals surface area contributed by atoms with E-state index in [1.54, 1.807) is 42.5 Å². The smallest absolute Gasteiger partial charge is 0.265 e. The number of anilines is 3. The van der Waals surface area contributed by atoms with E-state index >= 15 is 0 Å². The quantitative estimate of drug-likeness (QED) is 0.636. The van der Waals surface area contributed by atoms with Crippen LogP contribution in [0.2, 0.25) is 5.02 Å². The predicted octanol–water partition coefficient (Wildman–Crippen LogP) is 4.97. The highest BCUT2D eigenvalue weighted by atomic mass is 35.5. The molecular formula is C20H18ClN3O2S. The van der Waals surface area contributed by atoms with Gasteiger partial charge in [-0.25, -0.2) is 0 Å². The third kappa shape index (κ3) is 4.67. The molecular weight excluding hydrogens is 382 g/mol. The van der Waals surface area contributed by atoms with Gasteiger partial charge in [0.25, 0.3) is 11.8 Å². The standard InChI is InChI=1S/C20H18ClN3O2S/c1-24(2)17-9-8-14(21)12-16(17)23-19(25)13-5-3-6-15(11-13)22-20(26)18-7-4-10-27-18/h3-12H,1-2H3,(H,22,26)(H,23,25). The Labute approximate surface area is 166 Å². The topological polar surface area (TPSA) is 61.4 Å². The van der Waals surface area contributed by atoms with E-state index in [0.29, 0.717) is 26.8 Å². The van der Waals surface area contributed by atoms with Crippen molar-refractivity contribution >= 4 is 51.8 Å². The van der Waals surface area contributed by atoms with Gasteiger partial charge in [-0.1, -0.05) is 23.7 Å². The lowest BCUT2D eigenvalue weighted by Gasteiger charge is -2.18. The minimum absolute atomic E-state index is 0.202. The number of nitrogens with one attached hydrogen (secondary N) is 2. The van der Waals surface area contributed by atoms with Crippen LogP contribution in [0.5, 0.6) is 0 Å². The van der Waals surface area contributed by atoms with Gasteiger partial charge in [-0.05, 0) is 47.8 Å². The molecule has 0 radical (unpaired) electrons. The van der Waals surface area contributed by atoms with Gasteiger partial charge in [0.1, 0.15) is 0 Å². The van der Waals surface area contributed by atoms with Gasteiger partial charge in [-0.3, -0.25) is 9.59 Å². The van der Waals surface area contributed by atoms with Crippen LogP contribution in [0.4, 0.5) is 17.1 Å². The van der Waals surface area contributed by atoms with E-state index < -0.39 is 0 Å². The first-order valence-electron chi connectivity index (χ1n) is 8.17. The number of amides is 2. The Hall–Kier alpha value is -2.83. The summed E-state index contributed by atoms with van der Waals surface area (Å²) in [5, 5.41) is 8.06. The van der Waals surface area contributed by atoms with Crippen LogP contribution in [0.3, 0.4) is 0 Å². The molecule has 2 amide bonds. The van der Waals surface area contributed by atoms with Crippen molar-refractivity contribution in [2.45, 2.75) is 0 Å². The number of benzene rings is 2. The van der Waals surface area contributed by atoms with Crippen LogP contribution in [-0.2, 0) is 0 Å². The van der Waals surface area contributed by atoms with E-state index in [9.17, 15) is 9.59 Å². The first kappa shape index (κ1) is 18.9. The van der Waals surface area contributed by atoms with E-state index in [2.05, 4.69) is 10.6 Å². The summed E-state index contributed by atoms with van der Waals surface area (Å²) in [5.74, 6) is -0.486. The van der Waals surface area contributed by atoms with Crippen LogP contribution in [-0.4, -0.2) is 25.9 Å². The molecule has 138 valence electrons. The normalized spacial score (nSPS) is 10.3. The summed E-state index contributed by atoms with van der Waals surface area (Å²) < 4.78 is 0. The summed E-state index contributed by atoms with van der Waals surface area (Å²) in [6.45, 7) is 0. The Morgan fingerprint density at radius 3 is 2.48 bits per heavy atom. The highest BCUT2D eigenvalue weighted by Crippen LogP contribution is 2.28. The summed E-state index contributed by atoms with van der Waals surface area (Å²) in [6, 6.07) is 15.7. The average Bonchev–Trinajstić information content (AvgIpc) is 3.16. The van der Waals surface area contributed by atoms with Gasteiger partial charge in [-0.15, -0.1) is 11.3 Å². The van der Waals surface area contributed by atoms with Crippen molar-refractivity contribution in [3.8, 4) is 0 Å². The Kier molecular flexibility index (Phi) is 5.78. The molecule has 2 N–H and O–H groups in total. The van der Waals surface area contributed by atoms with E-state index in [-0.39, 0.29) is 11.8 Å². The Balaban J connectivity index is 1.78. The van der Waals surface area contributed by atoms with Crippen LogP contribution in [0.15, 0.2) is 60.0 Å². The lowest BCUT2D eigenvalue weighted by molar-refractivity contribution is 0.101. The maximum Gasteiger partial charge on any atom is 0.265 e. The lowest BCUT2D eigenvalue weighted by atomic mass is 10.1. The molecule has 1 heterocycles. The van der Waals surface area contributed by atoms with Crippen LogP contribution < -0.4 is 15.5 Å². The fourth-order valence-corrected chi connectivity index (χ4v) is 3.32. The van der Waals surface area contributed by atoms with E-state index in [1.165, 1.54) is 11.3 Å². The Morgan fingerprint density at radius 1 is 0.963 bits per heavy atom. The van der Waals surface area contributed by atoms with Crippen molar-refractivity contribution in [3.63, 3.8) is 0 Å². The highest BCUT2D eigenvalue weighted by molar-refractivity contribution is 7.12. The number of rotatable bonds is 5. The minimum atomic E-state index is -0.285. The number of hydrogen-bond donors (Lipinski definition) is 2. The molecule has 0 fully saturated rings. The Morgan fingerprint density at radius 2 is 1.78 bits per heavy atom. The van der Waals surface area contributed by atoms with E-state index in [4.69, 9.17) is 11.6 Å². The van der Waals surface area contributed by atoms with Crippen molar-refractivity contribution in [2.75, 3.05) is 29.6 Å². The molecule has 0 spiro atoms. The molecule has 0 unspecified atom stereocenters. The fourth-order valence-electron chi connectivity index (χ4n) is 2.53. The summed E-state index contributed by atoms with van der Waals surface area (Å²) in [5.41, 5.74) is 2.45. The van der Waals surface area contributed by atoms with Crippen molar-refractivity contribution in [2.24, 2.45) is 0 Å². The van der Waals surface area contributed by atoms with Crippen molar-refractivity contribution < 1.29 is 9.59 Å². The Bertz CT molecular complexity index is 971. The van der Waals surface area contributed by atoms with Gasteiger partial charge < -0.3 is 15.5 Å². The van der Waals surface area contributed by atoms with Gasteiger partial charge in [0, 0.05) is 30.4 Å². The molecule has 3 rings (SSSR count). The SMILES string of the molecule is CN(C)c1ccc(Cl)cc1NC(=O)c1cccc(NC(=O)c2cccs2)c1. The van der Waals surface area contributed by atoms with Crippen LogP contribution >= 0.6 is 22.9 Å². The minimum Gasteiger partial charge on any atom is -0.376 e. The van der Waals surface area contributed by atoms with Gasteiger partial charge in [0.15, 0.2) is 0 Å². The second-order valence-electron chi connectivity index (χ2n) is 6.02. The molecule has 7 heteroatoms. The number of carbonyl (C=O) groups is 2. The van der Waals surface area contributed by atoms with Crippen LogP contribution in [0.25, 0.3) is 0 Å². The molecule has 0 aliphatic rings. The molecule has 2 aromatic carbocycles. The first-order valence-corrected chi connectivity index (χ1v) is 9.43. The second kappa shape index (κ2) is 8.24. The summed E-state index contributed by atoms with van der Waals surface area (Å²) in [4.78, 5) is 27.4. The highest BCUT2D eigenvalue weighted by Gasteiger charge is 2.13. The molecule has 27 heavy (non-hydrogen) atoms. The molecule has 0 saturated carbocycles. The number of carbonyl (C=O) groups excluding carboxylic acids is 2. The van der Waals surface area contributed by atoms with Crippen molar-refractivity contribution in [3.05, 3.63) is 75.4 Å². The largest absolute Gasteiger partial charge is 0.376 e. The summed E-state index contributed by atoms with van der Waals surface area (Å²) >= 11 is 7.43. The second-order valence-corrected chi connectivity index (χ2v) is 7.41. The van der Waals surface area contributed by atoms with Crippen LogP contribution in [0.1, 0.15) is 20.0 Å². The zero-order valence-corrected chi connectivity index (χ0v) is 16.4. The van der Waals surface area contributed by atoms with Crippen molar-refractivity contribution in [1.29, 1.82) is 0 Å². The zero-order valence-electron chi connectivity index (χ0n) is 14.8. The van der Waals surface area contributed by atoms with Gasteiger partial charge >= 0.3 is 0 Å². The number of nitrogens with zero attached hydrogens (tertiary/aromatic N) is 1. The van der Waals surface area contributed by atoms with E-state index in [0.717, 1.165) is 5.69 Å². The molecule has 3 aromatic rings. The van der Waals surface area contributed by atoms with Gasteiger partial charge in [0.2, 0.25) is 0 Å². The molecule has 0 aliphatic carbocycles. The molecule has 0 bridgehead atoms. The monoisotopic (exact) mass is 399 g/mol. The molecule has 0 atom stereocenters. The predicted molar refractivity (Wildman–Crippen MR) is 112 cm³/mol. The zero-order chi connectivity index (χ0) is 19.4. The first-order chi connectivity index (χ1) is 12.9. The van der Waals surface area contributed by atoms with Gasteiger partial charge in [-0.2, -0.15) is 0 Å². The lowest BCUT2D eigenvalue weighted by Crippen LogP contribution is -2.17. The maximum atomic E-state index is 12.7. The summed E-state index contributed by atoms with van der Waals surface area (Å²) in [6.07, 6.45) is 0. The third-order valence-electron chi connectivity index (χ3n) is 3.82. The fraction of sp³-hybridized carbons (Fsp3) is 0.100.